The molecule has 1 aliphatic heterocycles. The number of allylic oxidation sites excluding steroid dienone is 4. The molecule has 7 nitrogen and oxygen atoms in total. The highest BCUT2D eigenvalue weighted by atomic mass is 16.7. The van der Waals surface area contributed by atoms with Crippen LogP contribution >= 0.6 is 0 Å². The molecular formula is C21H23NO6. The van der Waals surface area contributed by atoms with Crippen LogP contribution in [-0.4, -0.2) is 30.3 Å². The third kappa shape index (κ3) is 6.42. The van der Waals surface area contributed by atoms with Crippen LogP contribution in [0.25, 0.3) is 0 Å². The van der Waals surface area contributed by atoms with Crippen molar-refractivity contribution in [3.63, 3.8) is 0 Å². The van der Waals surface area contributed by atoms with Gasteiger partial charge in [0.05, 0.1) is 13.0 Å². The Labute approximate surface area is 163 Å². The molecule has 2 rings (SSSR count). The van der Waals surface area contributed by atoms with E-state index in [1.54, 1.807) is 25.3 Å². The number of nitrogens with one attached hydrogen (secondary N) is 1. The van der Waals surface area contributed by atoms with Crippen LogP contribution in [0.4, 0.5) is 5.69 Å². The second-order valence-corrected chi connectivity index (χ2v) is 6.05. The average molecular weight is 385 g/mol. The van der Waals surface area contributed by atoms with E-state index in [4.69, 9.17) is 14.2 Å². The zero-order chi connectivity index (χ0) is 20.4. The maximum Gasteiger partial charge on any atom is 0.348 e. The van der Waals surface area contributed by atoms with E-state index in [0.29, 0.717) is 0 Å². The summed E-state index contributed by atoms with van der Waals surface area (Å²) in [4.78, 5) is 35.7. The van der Waals surface area contributed by atoms with Crippen molar-refractivity contribution in [2.24, 2.45) is 0 Å². The molecule has 1 heterocycles. The van der Waals surface area contributed by atoms with Gasteiger partial charge in [-0.15, -0.1) is 0 Å². The SMILES string of the molecule is CCOC(=O)CCC1(C)OC(=O)C(=C/C=C/C=C/Nc2ccccc2)C(=O)O1. The van der Waals surface area contributed by atoms with Crippen LogP contribution in [0.2, 0.25) is 0 Å². The van der Waals surface area contributed by atoms with Crippen LogP contribution in [-0.2, 0) is 28.6 Å². The lowest BCUT2D eigenvalue weighted by atomic mass is 10.1. The molecule has 1 aromatic carbocycles. The molecule has 0 saturated carbocycles. The Bertz CT molecular complexity index is 774. The molecule has 28 heavy (non-hydrogen) atoms. The molecule has 1 aromatic rings. The third-order valence-corrected chi connectivity index (χ3v) is 3.75. The van der Waals surface area contributed by atoms with Crippen molar-refractivity contribution in [2.75, 3.05) is 11.9 Å². The highest BCUT2D eigenvalue weighted by molar-refractivity contribution is 6.15. The van der Waals surface area contributed by atoms with Crippen LogP contribution in [0.5, 0.6) is 0 Å². The zero-order valence-corrected chi connectivity index (χ0v) is 15.8. The van der Waals surface area contributed by atoms with E-state index in [1.165, 1.54) is 19.1 Å². The topological polar surface area (TPSA) is 90.9 Å². The van der Waals surface area contributed by atoms with E-state index in [2.05, 4.69) is 5.32 Å². The van der Waals surface area contributed by atoms with Crippen LogP contribution in [0.3, 0.4) is 0 Å². The number of cyclic esters (lactones) is 2. The average Bonchev–Trinajstić information content (AvgIpc) is 2.66. The maximum absolute atomic E-state index is 12.1. The van der Waals surface area contributed by atoms with E-state index < -0.39 is 23.7 Å². The Kier molecular flexibility index (Phi) is 7.56. The lowest BCUT2D eigenvalue weighted by Crippen LogP contribution is -2.44. The predicted molar refractivity (Wildman–Crippen MR) is 103 cm³/mol. The summed E-state index contributed by atoms with van der Waals surface area (Å²) < 4.78 is 15.2. The molecule has 1 N–H and O–H groups in total. The Morgan fingerprint density at radius 1 is 1.11 bits per heavy atom. The Morgan fingerprint density at radius 3 is 2.43 bits per heavy atom. The summed E-state index contributed by atoms with van der Waals surface area (Å²) in [6, 6.07) is 9.59. The van der Waals surface area contributed by atoms with Crippen molar-refractivity contribution in [3.8, 4) is 0 Å². The van der Waals surface area contributed by atoms with Crippen LogP contribution < -0.4 is 5.32 Å². The van der Waals surface area contributed by atoms with Crippen LogP contribution in [0, 0.1) is 0 Å². The number of carbonyl (C=O) groups is 3. The van der Waals surface area contributed by atoms with Gasteiger partial charge >= 0.3 is 17.9 Å². The largest absolute Gasteiger partial charge is 0.466 e. The van der Waals surface area contributed by atoms with Gasteiger partial charge in [0.15, 0.2) is 0 Å². The van der Waals surface area contributed by atoms with Gasteiger partial charge in [0.2, 0.25) is 0 Å². The van der Waals surface area contributed by atoms with Crippen molar-refractivity contribution < 1.29 is 28.6 Å². The molecule has 7 heteroatoms. The van der Waals surface area contributed by atoms with Gasteiger partial charge in [-0.3, -0.25) is 4.79 Å². The quantitative estimate of drug-likeness (QED) is 0.318. The first-order valence-electron chi connectivity index (χ1n) is 8.91. The van der Waals surface area contributed by atoms with Crippen molar-refractivity contribution in [2.45, 2.75) is 32.5 Å². The fraction of sp³-hybridized carbons (Fsp3) is 0.286. The molecule has 0 radical (unpaired) electrons. The van der Waals surface area contributed by atoms with Crippen LogP contribution in [0.1, 0.15) is 26.7 Å². The maximum atomic E-state index is 12.1. The summed E-state index contributed by atoms with van der Waals surface area (Å²) >= 11 is 0. The fourth-order valence-corrected chi connectivity index (χ4v) is 2.36. The molecule has 148 valence electrons. The standard InChI is InChI=1S/C21H23NO6/c1-3-26-18(23)13-14-21(2)27-19(24)17(20(25)28-21)12-8-5-9-15-22-16-10-6-4-7-11-16/h4-12,15,22H,3,13-14H2,1-2H3/b8-5+,15-9+,17-12?. The summed E-state index contributed by atoms with van der Waals surface area (Å²) in [5.74, 6) is -3.52. The number of esters is 3. The molecular weight excluding hydrogens is 362 g/mol. The summed E-state index contributed by atoms with van der Waals surface area (Å²) in [7, 11) is 0. The molecule has 1 aliphatic rings. The van der Waals surface area contributed by atoms with Gasteiger partial charge in [-0.05, 0) is 31.2 Å². The second kappa shape index (κ2) is 10.1. The van der Waals surface area contributed by atoms with Crippen LogP contribution in [0.15, 0.2) is 66.4 Å². The number of para-hydroxylation sites is 1. The number of anilines is 1. The van der Waals surface area contributed by atoms with Gasteiger partial charge in [0, 0.05) is 25.2 Å². The van der Waals surface area contributed by atoms with Gasteiger partial charge < -0.3 is 19.5 Å². The van der Waals surface area contributed by atoms with Gasteiger partial charge in [-0.1, -0.05) is 30.4 Å². The molecule has 1 saturated heterocycles. The van der Waals surface area contributed by atoms with E-state index in [1.807, 2.05) is 30.3 Å². The molecule has 0 amide bonds. The van der Waals surface area contributed by atoms with Crippen molar-refractivity contribution in [1.82, 2.24) is 0 Å². The first kappa shape index (κ1) is 21.0. The van der Waals surface area contributed by atoms with Crippen molar-refractivity contribution in [3.05, 3.63) is 66.4 Å². The monoisotopic (exact) mass is 385 g/mol. The summed E-state index contributed by atoms with van der Waals surface area (Å²) in [6.45, 7) is 3.38. The first-order valence-corrected chi connectivity index (χ1v) is 8.91. The lowest BCUT2D eigenvalue weighted by Gasteiger charge is -2.33. The van der Waals surface area contributed by atoms with Crippen molar-refractivity contribution in [1.29, 1.82) is 0 Å². The van der Waals surface area contributed by atoms with Gasteiger partial charge in [0.1, 0.15) is 5.57 Å². The molecule has 1 fully saturated rings. The molecule has 0 atom stereocenters. The smallest absolute Gasteiger partial charge is 0.348 e. The third-order valence-electron chi connectivity index (χ3n) is 3.75. The Morgan fingerprint density at radius 2 is 1.79 bits per heavy atom. The molecule has 0 aliphatic carbocycles. The summed E-state index contributed by atoms with van der Waals surface area (Å²) in [5.41, 5.74) is 0.723. The highest BCUT2D eigenvalue weighted by Gasteiger charge is 2.42. The second-order valence-electron chi connectivity index (χ2n) is 6.05. The Balaban J connectivity index is 1.88. The predicted octanol–water partition coefficient (Wildman–Crippen LogP) is 3.25. The lowest BCUT2D eigenvalue weighted by molar-refractivity contribution is -0.231. The van der Waals surface area contributed by atoms with Gasteiger partial charge in [0.25, 0.3) is 5.79 Å². The van der Waals surface area contributed by atoms with Gasteiger partial charge in [-0.2, -0.15) is 0 Å². The number of ether oxygens (including phenoxy) is 3. The highest BCUT2D eigenvalue weighted by Crippen LogP contribution is 2.27. The van der Waals surface area contributed by atoms with E-state index in [0.717, 1.165) is 5.69 Å². The number of rotatable bonds is 8. The van der Waals surface area contributed by atoms with Gasteiger partial charge in [-0.25, -0.2) is 9.59 Å². The summed E-state index contributed by atoms with van der Waals surface area (Å²) in [5, 5.41) is 3.07. The molecule has 0 bridgehead atoms. The minimum atomic E-state index is -1.48. The zero-order valence-electron chi connectivity index (χ0n) is 15.8. The van der Waals surface area contributed by atoms with E-state index in [-0.39, 0.29) is 25.0 Å². The number of hydrogen-bond acceptors (Lipinski definition) is 7. The molecule has 0 aromatic heterocycles. The normalized spacial score (nSPS) is 19.4. The number of benzene rings is 1. The molecule has 0 spiro atoms. The molecule has 0 unspecified atom stereocenters. The minimum Gasteiger partial charge on any atom is -0.466 e. The fourth-order valence-electron chi connectivity index (χ4n) is 2.36. The van der Waals surface area contributed by atoms with Crippen molar-refractivity contribution >= 4 is 23.6 Å². The van der Waals surface area contributed by atoms with E-state index in [9.17, 15) is 14.4 Å². The Hall–Kier alpha value is -3.35. The minimum absolute atomic E-state index is 0.0247. The summed E-state index contributed by atoms with van der Waals surface area (Å²) in [6.07, 6.45) is 7.94. The number of carbonyl (C=O) groups excluding carboxylic acids is 3. The first-order chi connectivity index (χ1) is 13.4. The number of hydrogen-bond donors (Lipinski definition) is 1. The van der Waals surface area contributed by atoms with E-state index >= 15 is 0 Å².